The zero-order valence-corrected chi connectivity index (χ0v) is 17.8. The van der Waals surface area contributed by atoms with Gasteiger partial charge in [0.05, 0.1) is 12.2 Å². The normalized spacial score (nSPS) is 26.7. The van der Waals surface area contributed by atoms with Gasteiger partial charge >= 0.3 is 6.61 Å². The highest BCUT2D eigenvalue weighted by molar-refractivity contribution is 5.65. The molecule has 32 heavy (non-hydrogen) atoms. The molecule has 1 aliphatic heterocycles. The van der Waals surface area contributed by atoms with Crippen LogP contribution in [0.4, 0.5) is 23.4 Å². The maximum absolute atomic E-state index is 12.9. The number of nitrogens with zero attached hydrogens (tertiary/aromatic N) is 4. The van der Waals surface area contributed by atoms with E-state index in [0.717, 1.165) is 18.5 Å². The lowest BCUT2D eigenvalue weighted by Gasteiger charge is -2.50. The molecule has 10 heteroatoms. The van der Waals surface area contributed by atoms with Crippen LogP contribution in [0.1, 0.15) is 44.3 Å². The molecule has 6 nitrogen and oxygen atoms in total. The summed E-state index contributed by atoms with van der Waals surface area (Å²) in [5.74, 6) is 0.241. The van der Waals surface area contributed by atoms with Crippen LogP contribution in [0.15, 0.2) is 30.0 Å². The minimum Gasteiger partial charge on any atom is -0.431 e. The number of nitrogen functional groups attached to an aromatic ring is 1. The minimum atomic E-state index is -3.00. The lowest BCUT2D eigenvalue weighted by atomic mass is 9.81. The molecule has 3 heterocycles. The number of pyridine rings is 1. The number of fused-ring (bicyclic) bond motifs is 1. The van der Waals surface area contributed by atoms with Gasteiger partial charge in [0.1, 0.15) is 0 Å². The van der Waals surface area contributed by atoms with Gasteiger partial charge < -0.3 is 10.5 Å². The zero-order chi connectivity index (χ0) is 22.8. The molecule has 1 saturated heterocycles. The molecule has 2 aliphatic carbocycles. The van der Waals surface area contributed by atoms with Gasteiger partial charge in [0.25, 0.3) is 6.43 Å². The van der Waals surface area contributed by atoms with E-state index < -0.39 is 13.0 Å². The predicted molar refractivity (Wildman–Crippen MR) is 111 cm³/mol. The number of halogens is 4. The van der Waals surface area contributed by atoms with Gasteiger partial charge in [-0.1, -0.05) is 11.6 Å². The number of alkyl halides is 4. The lowest BCUT2D eigenvalue weighted by Crippen LogP contribution is -2.59. The van der Waals surface area contributed by atoms with E-state index in [1.165, 1.54) is 17.8 Å². The Morgan fingerprint density at radius 2 is 2.03 bits per heavy atom. The Kier molecular flexibility index (Phi) is 4.96. The van der Waals surface area contributed by atoms with Crippen LogP contribution in [-0.4, -0.2) is 51.3 Å². The average molecular weight is 451 g/mol. The molecule has 5 rings (SSSR count). The molecule has 1 spiro atoms. The largest absolute Gasteiger partial charge is 0.431 e. The van der Waals surface area contributed by atoms with Crippen molar-refractivity contribution < 1.29 is 22.3 Å². The van der Waals surface area contributed by atoms with Gasteiger partial charge in [-0.25, -0.2) is 13.8 Å². The fourth-order valence-corrected chi connectivity index (χ4v) is 5.27. The third-order valence-corrected chi connectivity index (χ3v) is 6.86. The predicted octanol–water partition coefficient (Wildman–Crippen LogP) is 4.46. The summed E-state index contributed by atoms with van der Waals surface area (Å²) in [6.45, 7) is 1.59. The topological polar surface area (TPSA) is 69.2 Å². The van der Waals surface area contributed by atoms with Crippen LogP contribution in [0.5, 0.6) is 5.75 Å². The van der Waals surface area contributed by atoms with E-state index in [-0.39, 0.29) is 35.6 Å². The second kappa shape index (κ2) is 7.47. The van der Waals surface area contributed by atoms with E-state index in [1.807, 2.05) is 29.5 Å². The molecule has 2 fully saturated rings. The Hall–Kier alpha value is -2.62. The molecular formula is C22H25F4N5O. The number of likely N-dealkylation sites (tertiary alicyclic amines) is 1. The van der Waals surface area contributed by atoms with Crippen LogP contribution in [0, 0.1) is 5.92 Å². The van der Waals surface area contributed by atoms with E-state index in [4.69, 9.17) is 10.8 Å². The summed E-state index contributed by atoms with van der Waals surface area (Å²) >= 11 is 0. The number of nitrogens with two attached hydrogens (primary N) is 1. The molecule has 172 valence electrons. The van der Waals surface area contributed by atoms with Crippen LogP contribution in [-0.2, 0) is 0 Å². The maximum atomic E-state index is 12.9. The van der Waals surface area contributed by atoms with Crippen molar-refractivity contribution in [1.82, 2.24) is 19.7 Å². The van der Waals surface area contributed by atoms with Crippen molar-refractivity contribution in [3.05, 3.63) is 35.7 Å². The second-order valence-corrected chi connectivity index (χ2v) is 9.10. The first-order valence-corrected chi connectivity index (χ1v) is 10.7. The SMILES string of the molecule is CC(C)n1nc(-c2cnc(N)c(OC(F)F)c2)cc1[C@@H]1C2=C[C@]3(CCN3CC(F)F)C[C@H]21. The first kappa shape index (κ1) is 21.2. The van der Waals surface area contributed by atoms with Crippen molar-refractivity contribution in [3.63, 3.8) is 0 Å². The zero-order valence-electron chi connectivity index (χ0n) is 17.8. The van der Waals surface area contributed by atoms with E-state index in [9.17, 15) is 17.6 Å². The Bertz CT molecular complexity index is 1070. The van der Waals surface area contributed by atoms with E-state index >= 15 is 0 Å². The highest BCUT2D eigenvalue weighted by Gasteiger charge is 2.60. The first-order chi connectivity index (χ1) is 15.2. The van der Waals surface area contributed by atoms with E-state index in [0.29, 0.717) is 23.7 Å². The van der Waals surface area contributed by atoms with Gasteiger partial charge in [0.2, 0.25) is 0 Å². The van der Waals surface area contributed by atoms with Gasteiger partial charge in [0.15, 0.2) is 11.6 Å². The molecule has 0 aromatic carbocycles. The number of hydrogen-bond acceptors (Lipinski definition) is 5. The number of aromatic nitrogens is 3. The summed E-state index contributed by atoms with van der Waals surface area (Å²) < 4.78 is 57.5. The molecular weight excluding hydrogens is 426 g/mol. The van der Waals surface area contributed by atoms with Crippen LogP contribution in [0.3, 0.4) is 0 Å². The molecule has 0 radical (unpaired) electrons. The lowest BCUT2D eigenvalue weighted by molar-refractivity contribution is -0.0494. The Labute approximate surface area is 183 Å². The number of anilines is 1. The summed E-state index contributed by atoms with van der Waals surface area (Å²) in [6.07, 6.45) is 3.14. The molecule has 3 aliphatic rings. The number of allylic oxidation sites excluding steroid dienone is 1. The number of hydrogen-bond donors (Lipinski definition) is 1. The molecule has 2 aromatic heterocycles. The van der Waals surface area contributed by atoms with Crippen LogP contribution in [0.25, 0.3) is 11.3 Å². The third-order valence-electron chi connectivity index (χ3n) is 6.86. The minimum absolute atomic E-state index is 0.0900. The molecule has 2 aromatic rings. The van der Waals surface area contributed by atoms with Crippen LogP contribution < -0.4 is 10.5 Å². The van der Waals surface area contributed by atoms with Gasteiger partial charge in [0, 0.05) is 41.5 Å². The van der Waals surface area contributed by atoms with Crippen molar-refractivity contribution >= 4 is 5.82 Å². The van der Waals surface area contributed by atoms with Crippen molar-refractivity contribution in [3.8, 4) is 17.0 Å². The van der Waals surface area contributed by atoms with Crippen molar-refractivity contribution in [2.75, 3.05) is 18.8 Å². The van der Waals surface area contributed by atoms with Crippen molar-refractivity contribution in [1.29, 1.82) is 0 Å². The Morgan fingerprint density at radius 3 is 2.59 bits per heavy atom. The van der Waals surface area contributed by atoms with Crippen molar-refractivity contribution in [2.45, 2.75) is 57.2 Å². The van der Waals surface area contributed by atoms with E-state index in [1.54, 1.807) is 0 Å². The van der Waals surface area contributed by atoms with Crippen LogP contribution >= 0.6 is 0 Å². The Balaban J connectivity index is 1.42. The highest BCUT2D eigenvalue weighted by atomic mass is 19.3. The summed E-state index contributed by atoms with van der Waals surface area (Å²) in [7, 11) is 0. The quantitative estimate of drug-likeness (QED) is 0.497. The van der Waals surface area contributed by atoms with Gasteiger partial charge in [-0.15, -0.1) is 0 Å². The van der Waals surface area contributed by atoms with Crippen molar-refractivity contribution in [2.24, 2.45) is 5.92 Å². The molecule has 0 unspecified atom stereocenters. The molecule has 2 N–H and O–H groups in total. The fraction of sp³-hybridized carbons (Fsp3) is 0.545. The summed E-state index contributed by atoms with van der Waals surface area (Å²) in [4.78, 5) is 5.86. The maximum Gasteiger partial charge on any atom is 0.387 e. The molecule has 0 bridgehead atoms. The van der Waals surface area contributed by atoms with Gasteiger partial charge in [-0.05, 0) is 44.7 Å². The summed E-state index contributed by atoms with van der Waals surface area (Å²) in [5.41, 5.74) is 8.90. The standard InChI is InChI=1S/C22H25F4N5O/c1-11(2)31-16(6-15(29-31)12-5-17(32-21(25)26)20(27)28-9-12)19-13-7-22(8-14(13)19)3-4-30(22)10-18(23)24/h5-7,9,11,14,18-19,21H,3-4,8,10H2,1-2H3,(H2,27,28)/t14-,19-,22-/m1/s1. The molecule has 3 atom stereocenters. The number of rotatable bonds is 7. The highest BCUT2D eigenvalue weighted by Crippen LogP contribution is 2.65. The summed E-state index contributed by atoms with van der Waals surface area (Å²) in [6, 6.07) is 3.46. The Morgan fingerprint density at radius 1 is 1.25 bits per heavy atom. The molecule has 1 saturated carbocycles. The van der Waals surface area contributed by atoms with E-state index in [2.05, 4.69) is 15.8 Å². The average Bonchev–Trinajstić information content (AvgIpc) is 3.08. The summed E-state index contributed by atoms with van der Waals surface area (Å²) in [5, 5.41) is 4.70. The number of ether oxygens (including phenoxy) is 1. The fourth-order valence-electron chi connectivity index (χ4n) is 5.27. The van der Waals surface area contributed by atoms with Crippen LogP contribution in [0.2, 0.25) is 0 Å². The monoisotopic (exact) mass is 451 g/mol. The van der Waals surface area contributed by atoms with Gasteiger partial charge in [-0.2, -0.15) is 13.9 Å². The second-order valence-electron chi connectivity index (χ2n) is 9.10. The smallest absolute Gasteiger partial charge is 0.387 e. The molecule has 0 amide bonds. The first-order valence-electron chi connectivity index (χ1n) is 10.7. The third kappa shape index (κ3) is 3.44. The van der Waals surface area contributed by atoms with Gasteiger partial charge in [-0.3, -0.25) is 9.58 Å².